The lowest BCUT2D eigenvalue weighted by Gasteiger charge is -2.21. The van der Waals surface area contributed by atoms with Crippen molar-refractivity contribution in [3.05, 3.63) is 94.0 Å². The van der Waals surface area contributed by atoms with E-state index in [9.17, 15) is 23.3 Å². The van der Waals surface area contributed by atoms with Gasteiger partial charge in [-0.3, -0.25) is 14.9 Å². The molecule has 0 aromatic heterocycles. The van der Waals surface area contributed by atoms with Gasteiger partial charge in [0, 0.05) is 18.2 Å². The second-order valence-corrected chi connectivity index (χ2v) is 9.35. The van der Waals surface area contributed by atoms with Crippen LogP contribution < -0.4 is 14.9 Å². The summed E-state index contributed by atoms with van der Waals surface area (Å²) >= 11 is 0. The normalized spacial score (nSPS) is 11.4. The smallest absolute Gasteiger partial charge is 0.311 e. The number of benzene rings is 3. The number of rotatable bonds is 11. The Morgan fingerprint density at radius 2 is 1.75 bits per heavy atom. The number of amides is 1. The Morgan fingerprint density at radius 1 is 1.06 bits per heavy atom. The molecule has 36 heavy (non-hydrogen) atoms. The zero-order valence-corrected chi connectivity index (χ0v) is 20.3. The van der Waals surface area contributed by atoms with Gasteiger partial charge in [-0.1, -0.05) is 30.3 Å². The molecule has 188 valence electrons. The molecule has 3 rings (SSSR count). The van der Waals surface area contributed by atoms with Gasteiger partial charge in [0.1, 0.15) is 5.75 Å². The first-order chi connectivity index (χ1) is 17.2. The Balaban J connectivity index is 1.78. The molecule has 0 radical (unpaired) electrons. The van der Waals surface area contributed by atoms with E-state index in [1.807, 2.05) is 0 Å². The number of nitro groups is 1. The molecule has 12 heteroatoms. The minimum absolute atomic E-state index is 0.000995. The summed E-state index contributed by atoms with van der Waals surface area (Å²) in [5, 5.41) is 15.0. The van der Waals surface area contributed by atoms with Crippen molar-refractivity contribution < 1.29 is 27.6 Å². The van der Waals surface area contributed by atoms with Crippen molar-refractivity contribution in [3.63, 3.8) is 0 Å². The predicted octanol–water partition coefficient (Wildman–Crippen LogP) is 2.95. The number of nitrogens with zero attached hydrogens (tertiary/aromatic N) is 3. The van der Waals surface area contributed by atoms with E-state index in [-0.39, 0.29) is 22.9 Å². The fourth-order valence-corrected chi connectivity index (χ4v) is 4.60. The van der Waals surface area contributed by atoms with E-state index >= 15 is 0 Å². The minimum Gasteiger partial charge on any atom is -0.497 e. The Bertz CT molecular complexity index is 1340. The van der Waals surface area contributed by atoms with E-state index in [1.165, 1.54) is 62.9 Å². The second-order valence-electron chi connectivity index (χ2n) is 7.42. The fourth-order valence-electron chi connectivity index (χ4n) is 3.21. The van der Waals surface area contributed by atoms with Crippen molar-refractivity contribution in [2.75, 3.05) is 20.8 Å². The quantitative estimate of drug-likeness (QED) is 0.237. The third-order valence-electron chi connectivity index (χ3n) is 5.02. The molecule has 1 N–H and O–H groups in total. The number of carbonyl (C=O) groups is 1. The van der Waals surface area contributed by atoms with Crippen LogP contribution in [-0.4, -0.2) is 50.5 Å². The third kappa shape index (κ3) is 6.64. The van der Waals surface area contributed by atoms with Gasteiger partial charge >= 0.3 is 5.69 Å². The highest BCUT2D eigenvalue weighted by molar-refractivity contribution is 7.89. The first-order valence-corrected chi connectivity index (χ1v) is 12.0. The van der Waals surface area contributed by atoms with Gasteiger partial charge in [0.15, 0.2) is 5.75 Å². The molecule has 0 spiro atoms. The SMILES string of the molecule is COc1ccc(S(=O)(=O)N(CC(=O)NN=Cc2ccc(OC)c([N+](=O)[O-])c2)Cc2ccccc2)cc1. The molecule has 1 amide bonds. The Hall–Kier alpha value is -4.29. The van der Waals surface area contributed by atoms with E-state index in [2.05, 4.69) is 10.5 Å². The van der Waals surface area contributed by atoms with Gasteiger partial charge in [0.05, 0.1) is 36.8 Å². The Morgan fingerprint density at radius 3 is 2.36 bits per heavy atom. The summed E-state index contributed by atoms with van der Waals surface area (Å²) in [6.45, 7) is -0.555. The van der Waals surface area contributed by atoms with Crippen LogP contribution in [0, 0.1) is 10.1 Å². The van der Waals surface area contributed by atoms with Gasteiger partial charge in [-0.2, -0.15) is 9.41 Å². The maximum atomic E-state index is 13.3. The molecule has 0 fully saturated rings. The molecular formula is C24H24N4O7S. The number of hydrogen-bond donors (Lipinski definition) is 1. The van der Waals surface area contributed by atoms with Crippen LogP contribution in [0.25, 0.3) is 0 Å². The summed E-state index contributed by atoms with van der Waals surface area (Å²) in [5.74, 6) is -0.113. The first kappa shape index (κ1) is 26.3. The van der Waals surface area contributed by atoms with E-state index in [0.717, 1.165) is 4.31 Å². The predicted molar refractivity (Wildman–Crippen MR) is 132 cm³/mol. The van der Waals surface area contributed by atoms with Crippen LogP contribution in [0.1, 0.15) is 11.1 Å². The number of ether oxygens (including phenoxy) is 2. The van der Waals surface area contributed by atoms with E-state index < -0.39 is 27.4 Å². The van der Waals surface area contributed by atoms with Crippen LogP contribution in [0.15, 0.2) is 82.8 Å². The molecule has 0 saturated heterocycles. The monoisotopic (exact) mass is 512 g/mol. The molecule has 0 heterocycles. The summed E-state index contributed by atoms with van der Waals surface area (Å²) in [6.07, 6.45) is 1.21. The first-order valence-electron chi connectivity index (χ1n) is 10.6. The summed E-state index contributed by atoms with van der Waals surface area (Å²) < 4.78 is 37.7. The molecule has 3 aromatic carbocycles. The summed E-state index contributed by atoms with van der Waals surface area (Å²) in [4.78, 5) is 23.2. The van der Waals surface area contributed by atoms with Crippen LogP contribution in [0.4, 0.5) is 5.69 Å². The molecule has 0 aliphatic heterocycles. The maximum Gasteiger partial charge on any atom is 0.311 e. The fraction of sp³-hybridized carbons (Fsp3) is 0.167. The van der Waals surface area contributed by atoms with Gasteiger partial charge < -0.3 is 9.47 Å². The molecular weight excluding hydrogens is 488 g/mol. The number of carbonyl (C=O) groups excluding carboxylic acids is 1. The molecule has 0 aliphatic rings. The third-order valence-corrected chi connectivity index (χ3v) is 6.83. The van der Waals surface area contributed by atoms with E-state index in [4.69, 9.17) is 9.47 Å². The lowest BCUT2D eigenvalue weighted by atomic mass is 10.2. The molecule has 0 unspecified atom stereocenters. The van der Waals surface area contributed by atoms with Crippen molar-refractivity contribution >= 4 is 27.8 Å². The highest BCUT2D eigenvalue weighted by atomic mass is 32.2. The number of hydrogen-bond acceptors (Lipinski definition) is 8. The number of nitro benzene ring substituents is 1. The molecule has 0 atom stereocenters. The Labute approximate surface area is 208 Å². The molecule has 0 bridgehead atoms. The average molecular weight is 513 g/mol. The Kier molecular flexibility index (Phi) is 8.71. The van der Waals surface area contributed by atoms with Gasteiger partial charge in [-0.15, -0.1) is 0 Å². The van der Waals surface area contributed by atoms with Crippen molar-refractivity contribution in [2.24, 2.45) is 5.10 Å². The summed E-state index contributed by atoms with van der Waals surface area (Å²) in [7, 11) is -1.25. The minimum atomic E-state index is -4.04. The van der Waals surface area contributed by atoms with Crippen LogP contribution in [0.3, 0.4) is 0 Å². The molecule has 11 nitrogen and oxygen atoms in total. The van der Waals surface area contributed by atoms with Crippen molar-refractivity contribution in [1.82, 2.24) is 9.73 Å². The number of nitrogens with one attached hydrogen (secondary N) is 1. The standard InChI is InChI=1S/C24H24N4O7S/c1-34-20-9-11-21(12-10-20)36(32,33)27(16-18-6-4-3-5-7-18)17-24(29)26-25-15-19-8-13-23(35-2)22(14-19)28(30)31/h3-15H,16-17H2,1-2H3,(H,26,29). The summed E-state index contributed by atoms with van der Waals surface area (Å²) in [6, 6.07) is 18.9. The zero-order chi connectivity index (χ0) is 26.1. The number of hydrazone groups is 1. The van der Waals surface area contributed by atoms with Gasteiger partial charge in [0.25, 0.3) is 5.91 Å². The molecule has 0 saturated carbocycles. The lowest BCUT2D eigenvalue weighted by Crippen LogP contribution is -2.39. The molecule has 3 aromatic rings. The van der Waals surface area contributed by atoms with Crippen LogP contribution >= 0.6 is 0 Å². The van der Waals surface area contributed by atoms with Gasteiger partial charge in [-0.05, 0) is 42.0 Å². The topological polar surface area (TPSA) is 140 Å². The lowest BCUT2D eigenvalue weighted by molar-refractivity contribution is -0.385. The highest BCUT2D eigenvalue weighted by Gasteiger charge is 2.27. The van der Waals surface area contributed by atoms with Crippen LogP contribution in [0.2, 0.25) is 0 Å². The summed E-state index contributed by atoms with van der Waals surface area (Å²) in [5.41, 5.74) is 3.05. The van der Waals surface area contributed by atoms with Crippen molar-refractivity contribution in [1.29, 1.82) is 0 Å². The van der Waals surface area contributed by atoms with Crippen molar-refractivity contribution in [3.8, 4) is 11.5 Å². The number of methoxy groups -OCH3 is 2. The molecule has 0 aliphatic carbocycles. The largest absolute Gasteiger partial charge is 0.497 e. The average Bonchev–Trinajstić information content (AvgIpc) is 2.88. The zero-order valence-electron chi connectivity index (χ0n) is 19.5. The number of sulfonamides is 1. The maximum absolute atomic E-state index is 13.3. The van der Waals surface area contributed by atoms with Gasteiger partial charge in [0.2, 0.25) is 10.0 Å². The van der Waals surface area contributed by atoms with Crippen molar-refractivity contribution in [2.45, 2.75) is 11.4 Å². The van der Waals surface area contributed by atoms with Gasteiger partial charge in [-0.25, -0.2) is 13.8 Å². The van der Waals surface area contributed by atoms with Crippen LogP contribution in [0.5, 0.6) is 11.5 Å². The second kappa shape index (κ2) is 11.9. The van der Waals surface area contributed by atoms with E-state index in [0.29, 0.717) is 16.9 Å². The van der Waals surface area contributed by atoms with E-state index in [1.54, 1.807) is 30.3 Å². The highest BCUT2D eigenvalue weighted by Crippen LogP contribution is 2.27. The van der Waals surface area contributed by atoms with Crippen LogP contribution in [-0.2, 0) is 21.4 Å².